The molecule has 0 aliphatic rings. The molecule has 9 nitrogen and oxygen atoms in total. The highest BCUT2D eigenvalue weighted by molar-refractivity contribution is 6.74. The smallest absolute Gasteiger partial charge is 0.414 e. The standard InChI is InChI=1S/C30H42N4O5Si/c1-29(2,3)39-28(36)34-27(32-17-12-18-38-40(7,8)30(4,5)6)33-26(35)24-19-23(20-31)15-16-25(24)37-21-22-13-10-9-11-14-22/h9-11,13-16,19H,12,17-18,21H2,1-8H3,(H2,32,33,34,35,36). The maximum Gasteiger partial charge on any atom is 0.414 e. The van der Waals surface area contributed by atoms with Crippen LogP contribution in [0, 0.1) is 11.3 Å². The number of hydrogen-bond acceptors (Lipinski definition) is 7. The van der Waals surface area contributed by atoms with E-state index in [1.54, 1.807) is 32.9 Å². The van der Waals surface area contributed by atoms with Crippen LogP contribution < -0.4 is 15.4 Å². The zero-order valence-electron chi connectivity index (χ0n) is 24.9. The molecule has 2 N–H and O–H groups in total. The molecule has 0 unspecified atom stereocenters. The van der Waals surface area contributed by atoms with Crippen LogP contribution in [-0.4, -0.2) is 45.0 Å². The number of rotatable bonds is 9. The lowest BCUT2D eigenvalue weighted by Crippen LogP contribution is -2.46. The Morgan fingerprint density at radius 1 is 1.00 bits per heavy atom. The van der Waals surface area contributed by atoms with Gasteiger partial charge in [0.1, 0.15) is 18.0 Å². The Labute approximate surface area is 239 Å². The second kappa shape index (κ2) is 14.1. The van der Waals surface area contributed by atoms with Crippen molar-refractivity contribution >= 4 is 26.3 Å². The highest BCUT2D eigenvalue weighted by Crippen LogP contribution is 2.36. The van der Waals surface area contributed by atoms with Crippen LogP contribution in [-0.2, 0) is 15.8 Å². The Morgan fingerprint density at radius 3 is 2.27 bits per heavy atom. The van der Waals surface area contributed by atoms with Crippen LogP contribution in [0.1, 0.15) is 69.4 Å². The molecule has 40 heavy (non-hydrogen) atoms. The van der Waals surface area contributed by atoms with E-state index in [9.17, 15) is 14.9 Å². The van der Waals surface area contributed by atoms with E-state index in [2.05, 4.69) is 49.5 Å². The van der Waals surface area contributed by atoms with Gasteiger partial charge in [-0.3, -0.25) is 20.4 Å². The summed E-state index contributed by atoms with van der Waals surface area (Å²) in [5, 5.41) is 14.7. The molecule has 10 heteroatoms. The number of guanidine groups is 1. The Kier molecular flexibility index (Phi) is 11.5. The Bertz CT molecular complexity index is 1230. The van der Waals surface area contributed by atoms with Crippen molar-refractivity contribution in [1.29, 1.82) is 5.26 Å². The Morgan fingerprint density at radius 2 is 1.68 bits per heavy atom. The van der Waals surface area contributed by atoms with Gasteiger partial charge in [0.25, 0.3) is 5.91 Å². The third kappa shape index (κ3) is 10.8. The van der Waals surface area contributed by atoms with Crippen molar-refractivity contribution in [2.24, 2.45) is 4.99 Å². The van der Waals surface area contributed by atoms with Crippen molar-refractivity contribution in [3.8, 4) is 11.8 Å². The largest absolute Gasteiger partial charge is 0.488 e. The SMILES string of the molecule is CC(C)(C)OC(=O)NC(=NCCCO[Si](C)(C)C(C)(C)C)NC(=O)c1cc(C#N)ccc1OCc1ccccc1. The van der Waals surface area contributed by atoms with E-state index in [0.29, 0.717) is 30.9 Å². The van der Waals surface area contributed by atoms with Gasteiger partial charge in [-0.2, -0.15) is 5.26 Å². The molecule has 0 saturated heterocycles. The van der Waals surface area contributed by atoms with E-state index >= 15 is 0 Å². The second-order valence-electron chi connectivity index (χ2n) is 11.9. The number of amides is 2. The lowest BCUT2D eigenvalue weighted by molar-refractivity contribution is 0.0561. The van der Waals surface area contributed by atoms with Gasteiger partial charge in [0, 0.05) is 13.2 Å². The first-order valence-corrected chi connectivity index (χ1v) is 16.2. The molecule has 0 fully saturated rings. The molecular weight excluding hydrogens is 524 g/mol. The summed E-state index contributed by atoms with van der Waals surface area (Å²) in [7, 11) is -1.90. The van der Waals surface area contributed by atoms with E-state index in [0.717, 1.165) is 5.56 Å². The summed E-state index contributed by atoms with van der Waals surface area (Å²) < 4.78 is 17.5. The van der Waals surface area contributed by atoms with Gasteiger partial charge in [-0.15, -0.1) is 0 Å². The summed E-state index contributed by atoms with van der Waals surface area (Å²) in [4.78, 5) is 30.3. The first-order chi connectivity index (χ1) is 18.6. The summed E-state index contributed by atoms with van der Waals surface area (Å²) in [6.07, 6.45) is -0.160. The van der Waals surface area contributed by atoms with Gasteiger partial charge >= 0.3 is 6.09 Å². The minimum absolute atomic E-state index is 0.0667. The summed E-state index contributed by atoms with van der Waals surface area (Å²) in [5.41, 5.74) is 0.607. The predicted molar refractivity (Wildman–Crippen MR) is 159 cm³/mol. The molecule has 0 bridgehead atoms. The minimum atomic E-state index is -1.90. The highest BCUT2D eigenvalue weighted by atomic mass is 28.4. The quantitative estimate of drug-likeness (QED) is 0.162. The predicted octanol–water partition coefficient (Wildman–Crippen LogP) is 6.16. The van der Waals surface area contributed by atoms with Crippen LogP contribution in [0.25, 0.3) is 0 Å². The van der Waals surface area contributed by atoms with Crippen LogP contribution in [0.15, 0.2) is 53.5 Å². The second-order valence-corrected chi connectivity index (χ2v) is 16.7. The third-order valence-corrected chi connectivity index (χ3v) is 10.8. The molecule has 216 valence electrons. The Balaban J connectivity index is 2.20. The number of carbonyl (C=O) groups is 2. The van der Waals surface area contributed by atoms with E-state index < -0.39 is 25.9 Å². The average Bonchev–Trinajstić information content (AvgIpc) is 2.85. The fraction of sp³-hybridized carbons (Fsp3) is 0.467. The van der Waals surface area contributed by atoms with E-state index in [1.165, 1.54) is 6.07 Å². The summed E-state index contributed by atoms with van der Waals surface area (Å²) in [6, 6.07) is 16.1. The molecule has 2 aromatic rings. The molecule has 2 rings (SSSR count). The lowest BCUT2D eigenvalue weighted by Gasteiger charge is -2.36. The normalized spacial score (nSPS) is 12.3. The van der Waals surface area contributed by atoms with Gasteiger partial charge in [0.15, 0.2) is 8.32 Å². The number of nitrogens with one attached hydrogen (secondary N) is 2. The Hall–Kier alpha value is -3.68. The zero-order chi connectivity index (χ0) is 30.0. The molecule has 0 saturated carbocycles. The van der Waals surface area contributed by atoms with Gasteiger partial charge in [0.05, 0.1) is 17.2 Å². The third-order valence-electron chi connectivity index (χ3n) is 6.28. The van der Waals surface area contributed by atoms with Crippen molar-refractivity contribution in [3.63, 3.8) is 0 Å². The fourth-order valence-corrected chi connectivity index (χ4v) is 4.21. The maximum absolute atomic E-state index is 13.4. The highest BCUT2D eigenvalue weighted by Gasteiger charge is 2.36. The van der Waals surface area contributed by atoms with Gasteiger partial charge in [0.2, 0.25) is 5.96 Å². The van der Waals surface area contributed by atoms with Crippen LogP contribution in [0.3, 0.4) is 0 Å². The van der Waals surface area contributed by atoms with Crippen molar-refractivity contribution in [2.45, 2.75) is 78.3 Å². The monoisotopic (exact) mass is 566 g/mol. The van der Waals surface area contributed by atoms with E-state index in [1.807, 2.05) is 36.4 Å². The topological polar surface area (TPSA) is 122 Å². The summed E-state index contributed by atoms with van der Waals surface area (Å²) in [5.74, 6) is -0.366. The summed E-state index contributed by atoms with van der Waals surface area (Å²) >= 11 is 0. The molecule has 0 aliphatic carbocycles. The van der Waals surface area contributed by atoms with Gasteiger partial charge in [-0.25, -0.2) is 4.79 Å². The number of alkyl carbamates (subject to hydrolysis) is 1. The first kappa shape index (κ1) is 32.5. The van der Waals surface area contributed by atoms with Gasteiger partial charge < -0.3 is 13.9 Å². The molecule has 0 aromatic heterocycles. The molecule has 0 atom stereocenters. The van der Waals surface area contributed by atoms with Crippen LogP contribution in [0.4, 0.5) is 4.79 Å². The van der Waals surface area contributed by atoms with E-state index in [4.69, 9.17) is 13.9 Å². The number of hydrogen-bond donors (Lipinski definition) is 2. The van der Waals surface area contributed by atoms with Crippen molar-refractivity contribution in [3.05, 3.63) is 65.2 Å². The summed E-state index contributed by atoms with van der Waals surface area (Å²) in [6.45, 7) is 17.2. The van der Waals surface area contributed by atoms with Crippen molar-refractivity contribution < 1.29 is 23.5 Å². The van der Waals surface area contributed by atoms with E-state index in [-0.39, 0.29) is 23.2 Å². The lowest BCUT2D eigenvalue weighted by atomic mass is 10.1. The maximum atomic E-state index is 13.4. The van der Waals surface area contributed by atoms with Gasteiger partial charge in [-0.05, 0) is 69.1 Å². The minimum Gasteiger partial charge on any atom is -0.488 e. The van der Waals surface area contributed by atoms with Crippen LogP contribution in [0.5, 0.6) is 5.75 Å². The molecule has 2 amide bonds. The number of carbonyl (C=O) groups excluding carboxylic acids is 2. The number of benzene rings is 2. The van der Waals surface area contributed by atoms with Crippen molar-refractivity contribution in [2.75, 3.05) is 13.2 Å². The van der Waals surface area contributed by atoms with Gasteiger partial charge in [-0.1, -0.05) is 51.1 Å². The average molecular weight is 567 g/mol. The van der Waals surface area contributed by atoms with Crippen LogP contribution in [0.2, 0.25) is 18.1 Å². The zero-order valence-corrected chi connectivity index (χ0v) is 25.9. The molecule has 2 aromatic carbocycles. The molecular formula is C30H42N4O5Si. The number of ether oxygens (including phenoxy) is 2. The fourth-order valence-electron chi connectivity index (χ4n) is 3.12. The number of aliphatic imine (C=N–C) groups is 1. The molecule has 0 spiro atoms. The molecule has 0 radical (unpaired) electrons. The molecule has 0 heterocycles. The number of nitrogens with zero attached hydrogens (tertiary/aromatic N) is 2. The van der Waals surface area contributed by atoms with Crippen molar-refractivity contribution in [1.82, 2.24) is 10.6 Å². The number of nitriles is 1. The first-order valence-electron chi connectivity index (χ1n) is 13.3. The van der Waals surface area contributed by atoms with Crippen LogP contribution >= 0.6 is 0 Å². The molecule has 0 aliphatic heterocycles.